The predicted octanol–water partition coefficient (Wildman–Crippen LogP) is 3.80. The van der Waals surface area contributed by atoms with Crippen LogP contribution in [0.3, 0.4) is 0 Å². The largest absolute Gasteiger partial charge is 0.304 e. The highest BCUT2D eigenvalue weighted by Crippen LogP contribution is 2.39. The highest BCUT2D eigenvalue weighted by Gasteiger charge is 2.33. The number of piperazine rings is 1. The first kappa shape index (κ1) is 18.5. The maximum Gasteiger partial charge on any atom is 0.0236 e. The standard InChI is InChI=1S/C23H37N3/c1-23(19-26-16-14-24(2)15-17-26)10-12-25(13-11-23)18-21-6-3-4-9-22(21)20-7-5-8-20/h3-4,6,9,20H,5,7-8,10-19H2,1-2H3. The van der Waals surface area contributed by atoms with E-state index in [9.17, 15) is 0 Å². The van der Waals surface area contributed by atoms with E-state index in [4.69, 9.17) is 0 Å². The Bertz CT molecular complexity index is 579. The van der Waals surface area contributed by atoms with Crippen LogP contribution in [0.25, 0.3) is 0 Å². The molecule has 2 aliphatic heterocycles. The van der Waals surface area contributed by atoms with Crippen molar-refractivity contribution in [1.82, 2.24) is 14.7 Å². The molecule has 1 saturated carbocycles. The molecule has 2 saturated heterocycles. The lowest BCUT2D eigenvalue weighted by molar-refractivity contribution is 0.0517. The molecule has 0 amide bonds. The van der Waals surface area contributed by atoms with Crippen molar-refractivity contribution in [2.75, 3.05) is 52.9 Å². The smallest absolute Gasteiger partial charge is 0.0236 e. The monoisotopic (exact) mass is 355 g/mol. The molecule has 0 aromatic heterocycles. The number of benzene rings is 1. The topological polar surface area (TPSA) is 9.72 Å². The van der Waals surface area contributed by atoms with E-state index in [0.717, 1.165) is 12.5 Å². The molecule has 3 heteroatoms. The Hall–Kier alpha value is -0.900. The molecule has 0 unspecified atom stereocenters. The first-order valence-corrected chi connectivity index (χ1v) is 10.8. The van der Waals surface area contributed by atoms with Crippen LogP contribution in [0.15, 0.2) is 24.3 Å². The molecule has 1 aromatic carbocycles. The Balaban J connectivity index is 1.30. The van der Waals surface area contributed by atoms with Gasteiger partial charge < -0.3 is 9.80 Å². The van der Waals surface area contributed by atoms with Crippen LogP contribution in [0, 0.1) is 5.41 Å². The van der Waals surface area contributed by atoms with Crippen LogP contribution in [0.5, 0.6) is 0 Å². The van der Waals surface area contributed by atoms with Crippen LogP contribution in [0.1, 0.15) is 56.1 Å². The van der Waals surface area contributed by atoms with E-state index in [2.05, 4.69) is 52.9 Å². The van der Waals surface area contributed by atoms with Crippen LogP contribution in [0.2, 0.25) is 0 Å². The molecule has 3 fully saturated rings. The quantitative estimate of drug-likeness (QED) is 0.795. The van der Waals surface area contributed by atoms with Crippen molar-refractivity contribution in [2.24, 2.45) is 5.41 Å². The van der Waals surface area contributed by atoms with E-state index in [1.807, 2.05) is 0 Å². The highest BCUT2D eigenvalue weighted by molar-refractivity contribution is 5.31. The second-order valence-corrected chi connectivity index (χ2v) is 9.49. The Kier molecular flexibility index (Phi) is 5.68. The number of piperidine rings is 1. The summed E-state index contributed by atoms with van der Waals surface area (Å²) >= 11 is 0. The average molecular weight is 356 g/mol. The molecule has 1 aromatic rings. The highest BCUT2D eigenvalue weighted by atomic mass is 15.2. The van der Waals surface area contributed by atoms with Gasteiger partial charge in [0.05, 0.1) is 0 Å². The van der Waals surface area contributed by atoms with Gasteiger partial charge in [0.15, 0.2) is 0 Å². The van der Waals surface area contributed by atoms with E-state index >= 15 is 0 Å². The zero-order chi connectivity index (χ0) is 18.0. The number of nitrogens with zero attached hydrogens (tertiary/aromatic N) is 3. The lowest BCUT2D eigenvalue weighted by atomic mass is 9.77. The SMILES string of the molecule is CN1CCN(CC2(C)CCN(Cc3ccccc3C3CCC3)CC2)CC1. The Morgan fingerprint density at radius 3 is 2.27 bits per heavy atom. The summed E-state index contributed by atoms with van der Waals surface area (Å²) in [5.41, 5.74) is 3.75. The summed E-state index contributed by atoms with van der Waals surface area (Å²) in [6.45, 7) is 12.5. The second kappa shape index (κ2) is 8.00. The fourth-order valence-electron chi connectivity index (χ4n) is 4.99. The van der Waals surface area contributed by atoms with Gasteiger partial charge in [-0.05, 0) is 68.3 Å². The number of rotatable bonds is 5. The summed E-state index contributed by atoms with van der Waals surface area (Å²) in [4.78, 5) is 7.88. The van der Waals surface area contributed by atoms with Gasteiger partial charge in [0, 0.05) is 39.3 Å². The van der Waals surface area contributed by atoms with Gasteiger partial charge in [0.2, 0.25) is 0 Å². The zero-order valence-electron chi connectivity index (χ0n) is 16.9. The Morgan fingerprint density at radius 1 is 0.923 bits per heavy atom. The van der Waals surface area contributed by atoms with Crippen molar-refractivity contribution < 1.29 is 0 Å². The maximum absolute atomic E-state index is 2.71. The normalized spacial score (nSPS) is 25.9. The molecule has 0 bridgehead atoms. The average Bonchev–Trinajstić information content (AvgIpc) is 2.59. The third-order valence-corrected chi connectivity index (χ3v) is 7.26. The van der Waals surface area contributed by atoms with Gasteiger partial charge in [-0.15, -0.1) is 0 Å². The minimum absolute atomic E-state index is 0.514. The van der Waals surface area contributed by atoms with Gasteiger partial charge in [-0.2, -0.15) is 0 Å². The number of likely N-dealkylation sites (N-methyl/N-ethyl adjacent to an activating group) is 1. The molecule has 3 nitrogen and oxygen atoms in total. The molecule has 26 heavy (non-hydrogen) atoms. The summed E-state index contributed by atoms with van der Waals surface area (Å²) < 4.78 is 0. The Morgan fingerprint density at radius 2 is 1.62 bits per heavy atom. The number of hydrogen-bond acceptors (Lipinski definition) is 3. The molecule has 0 radical (unpaired) electrons. The van der Waals surface area contributed by atoms with E-state index in [0.29, 0.717) is 5.41 Å². The van der Waals surface area contributed by atoms with Crippen molar-refractivity contribution in [2.45, 2.75) is 51.5 Å². The molecule has 2 heterocycles. The van der Waals surface area contributed by atoms with Crippen molar-refractivity contribution in [1.29, 1.82) is 0 Å². The molecule has 144 valence electrons. The van der Waals surface area contributed by atoms with Gasteiger partial charge in [-0.1, -0.05) is 37.6 Å². The minimum atomic E-state index is 0.514. The fraction of sp³-hybridized carbons (Fsp3) is 0.739. The third-order valence-electron chi connectivity index (χ3n) is 7.26. The van der Waals surface area contributed by atoms with Crippen molar-refractivity contribution in [3.8, 4) is 0 Å². The van der Waals surface area contributed by atoms with Gasteiger partial charge in [-0.3, -0.25) is 4.90 Å². The van der Waals surface area contributed by atoms with E-state index < -0.39 is 0 Å². The molecule has 0 spiro atoms. The van der Waals surface area contributed by atoms with Crippen LogP contribution in [0.4, 0.5) is 0 Å². The van der Waals surface area contributed by atoms with Gasteiger partial charge in [-0.25, -0.2) is 0 Å². The van der Waals surface area contributed by atoms with Gasteiger partial charge >= 0.3 is 0 Å². The fourth-order valence-corrected chi connectivity index (χ4v) is 4.99. The summed E-state index contributed by atoms with van der Waals surface area (Å²) in [6.07, 6.45) is 6.93. The zero-order valence-corrected chi connectivity index (χ0v) is 16.9. The van der Waals surface area contributed by atoms with E-state index in [1.165, 1.54) is 77.9 Å². The molecule has 0 atom stereocenters. The molecule has 3 aliphatic rings. The van der Waals surface area contributed by atoms with Crippen LogP contribution >= 0.6 is 0 Å². The predicted molar refractivity (Wildman–Crippen MR) is 110 cm³/mol. The van der Waals surface area contributed by atoms with E-state index in [1.54, 1.807) is 11.1 Å². The molecular weight excluding hydrogens is 318 g/mol. The van der Waals surface area contributed by atoms with Crippen LogP contribution in [-0.4, -0.2) is 67.6 Å². The lowest BCUT2D eigenvalue weighted by Gasteiger charge is -2.44. The second-order valence-electron chi connectivity index (χ2n) is 9.49. The van der Waals surface area contributed by atoms with E-state index in [-0.39, 0.29) is 0 Å². The van der Waals surface area contributed by atoms with Crippen molar-refractivity contribution >= 4 is 0 Å². The van der Waals surface area contributed by atoms with Crippen molar-refractivity contribution in [3.63, 3.8) is 0 Å². The van der Waals surface area contributed by atoms with Gasteiger partial charge in [0.25, 0.3) is 0 Å². The Labute approximate surface area is 160 Å². The first-order valence-electron chi connectivity index (χ1n) is 10.8. The third kappa shape index (κ3) is 4.32. The van der Waals surface area contributed by atoms with Gasteiger partial charge in [0.1, 0.15) is 0 Å². The maximum atomic E-state index is 2.71. The summed E-state index contributed by atoms with van der Waals surface area (Å²) in [5, 5.41) is 0. The number of likely N-dealkylation sites (tertiary alicyclic amines) is 1. The molecular formula is C23H37N3. The minimum Gasteiger partial charge on any atom is -0.304 e. The molecule has 1 aliphatic carbocycles. The summed E-state index contributed by atoms with van der Waals surface area (Å²) in [5.74, 6) is 0.846. The molecule has 0 N–H and O–H groups in total. The van der Waals surface area contributed by atoms with Crippen LogP contribution in [-0.2, 0) is 6.54 Å². The molecule has 4 rings (SSSR count). The number of hydrogen-bond donors (Lipinski definition) is 0. The lowest BCUT2D eigenvalue weighted by Crippen LogP contribution is -2.50. The first-order chi connectivity index (χ1) is 12.6. The van der Waals surface area contributed by atoms with Crippen molar-refractivity contribution in [3.05, 3.63) is 35.4 Å². The summed E-state index contributed by atoms with van der Waals surface area (Å²) in [7, 11) is 2.25. The van der Waals surface area contributed by atoms with Crippen LogP contribution < -0.4 is 0 Å². The summed E-state index contributed by atoms with van der Waals surface area (Å²) in [6, 6.07) is 9.24.